The zero-order chi connectivity index (χ0) is 10.8. The number of fused-ring (bicyclic) bond motifs is 1. The SMILES string of the molecule is CC(=O)C(C)N1CCCC2CCCCC21. The number of nitrogens with zero attached hydrogens (tertiary/aromatic N) is 1. The molecule has 3 atom stereocenters. The lowest BCUT2D eigenvalue weighted by atomic mass is 9.77. The maximum Gasteiger partial charge on any atom is 0.146 e. The van der Waals surface area contributed by atoms with Crippen molar-refractivity contribution in [1.29, 1.82) is 0 Å². The zero-order valence-corrected chi connectivity index (χ0v) is 10.0. The Hall–Kier alpha value is -0.370. The second-order valence-electron chi connectivity index (χ2n) is 5.28. The van der Waals surface area contributed by atoms with Crippen LogP contribution in [0.5, 0.6) is 0 Å². The van der Waals surface area contributed by atoms with Gasteiger partial charge in [-0.05, 0) is 52.0 Å². The van der Waals surface area contributed by atoms with Gasteiger partial charge in [0.2, 0.25) is 0 Å². The Morgan fingerprint density at radius 3 is 2.60 bits per heavy atom. The molecule has 2 heteroatoms. The third kappa shape index (κ3) is 2.25. The zero-order valence-electron chi connectivity index (χ0n) is 10.0. The fourth-order valence-corrected chi connectivity index (χ4v) is 3.38. The number of ketones is 1. The van der Waals surface area contributed by atoms with E-state index in [4.69, 9.17) is 0 Å². The van der Waals surface area contributed by atoms with Gasteiger partial charge in [-0.2, -0.15) is 0 Å². The third-order valence-corrected chi connectivity index (χ3v) is 4.37. The number of carbonyl (C=O) groups excluding carboxylic acids is 1. The second kappa shape index (κ2) is 4.65. The van der Waals surface area contributed by atoms with E-state index in [-0.39, 0.29) is 6.04 Å². The van der Waals surface area contributed by atoms with Crippen molar-refractivity contribution in [2.45, 2.75) is 64.5 Å². The fourth-order valence-electron chi connectivity index (χ4n) is 3.38. The first-order valence-electron chi connectivity index (χ1n) is 6.46. The highest BCUT2D eigenvalue weighted by Crippen LogP contribution is 2.36. The first kappa shape index (κ1) is 11.1. The molecular formula is C13H23NO. The molecule has 15 heavy (non-hydrogen) atoms. The Bertz CT molecular complexity index is 237. The highest BCUT2D eigenvalue weighted by molar-refractivity contribution is 5.81. The Balaban J connectivity index is 2.06. The average molecular weight is 209 g/mol. The van der Waals surface area contributed by atoms with Gasteiger partial charge < -0.3 is 0 Å². The normalized spacial score (nSPS) is 34.5. The summed E-state index contributed by atoms with van der Waals surface area (Å²) in [5.41, 5.74) is 0. The minimum absolute atomic E-state index is 0.149. The summed E-state index contributed by atoms with van der Waals surface area (Å²) in [6.45, 7) is 4.96. The molecule has 2 nitrogen and oxygen atoms in total. The van der Waals surface area contributed by atoms with Crippen LogP contribution < -0.4 is 0 Å². The summed E-state index contributed by atoms with van der Waals surface area (Å²) >= 11 is 0. The highest BCUT2D eigenvalue weighted by atomic mass is 16.1. The van der Waals surface area contributed by atoms with Crippen molar-refractivity contribution in [2.75, 3.05) is 6.54 Å². The Morgan fingerprint density at radius 2 is 1.87 bits per heavy atom. The van der Waals surface area contributed by atoms with Crippen molar-refractivity contribution in [2.24, 2.45) is 5.92 Å². The summed E-state index contributed by atoms with van der Waals surface area (Å²) in [5, 5.41) is 0. The molecule has 0 spiro atoms. The molecule has 2 fully saturated rings. The lowest BCUT2D eigenvalue weighted by Crippen LogP contribution is -2.52. The van der Waals surface area contributed by atoms with Crippen LogP contribution in [0.15, 0.2) is 0 Å². The van der Waals surface area contributed by atoms with Gasteiger partial charge >= 0.3 is 0 Å². The number of piperidine rings is 1. The summed E-state index contributed by atoms with van der Waals surface area (Å²) in [4.78, 5) is 14.0. The van der Waals surface area contributed by atoms with Gasteiger partial charge in [0.15, 0.2) is 0 Å². The van der Waals surface area contributed by atoms with Crippen LogP contribution in [0, 0.1) is 5.92 Å². The van der Waals surface area contributed by atoms with Crippen LogP contribution in [-0.2, 0) is 4.79 Å². The summed E-state index contributed by atoms with van der Waals surface area (Å²) in [7, 11) is 0. The van der Waals surface area contributed by atoms with Crippen LogP contribution in [0.4, 0.5) is 0 Å². The molecule has 0 aromatic rings. The van der Waals surface area contributed by atoms with Crippen molar-refractivity contribution >= 4 is 5.78 Å². The quantitative estimate of drug-likeness (QED) is 0.697. The molecule has 2 aliphatic rings. The molecule has 86 valence electrons. The van der Waals surface area contributed by atoms with E-state index >= 15 is 0 Å². The van der Waals surface area contributed by atoms with Gasteiger partial charge in [0, 0.05) is 6.04 Å². The minimum Gasteiger partial charge on any atom is -0.298 e. The lowest BCUT2D eigenvalue weighted by Gasteiger charge is -2.46. The van der Waals surface area contributed by atoms with Crippen LogP contribution >= 0.6 is 0 Å². The van der Waals surface area contributed by atoms with E-state index in [0.29, 0.717) is 11.8 Å². The highest BCUT2D eigenvalue weighted by Gasteiger charge is 2.36. The maximum atomic E-state index is 11.5. The molecule has 0 radical (unpaired) electrons. The molecule has 2 rings (SSSR count). The van der Waals surface area contributed by atoms with E-state index in [2.05, 4.69) is 11.8 Å². The topological polar surface area (TPSA) is 20.3 Å². The van der Waals surface area contributed by atoms with Crippen LogP contribution in [0.25, 0.3) is 0 Å². The van der Waals surface area contributed by atoms with Gasteiger partial charge in [0.1, 0.15) is 5.78 Å². The summed E-state index contributed by atoms with van der Waals surface area (Å²) in [6.07, 6.45) is 8.17. The summed E-state index contributed by atoms with van der Waals surface area (Å²) < 4.78 is 0. The third-order valence-electron chi connectivity index (χ3n) is 4.37. The minimum atomic E-state index is 0.149. The van der Waals surface area contributed by atoms with Gasteiger partial charge in [0.25, 0.3) is 0 Å². The van der Waals surface area contributed by atoms with E-state index in [0.717, 1.165) is 12.5 Å². The first-order valence-corrected chi connectivity index (χ1v) is 6.46. The number of Topliss-reactive ketones (excluding diaryl/α,β-unsaturated/α-hetero) is 1. The number of rotatable bonds is 2. The van der Waals surface area contributed by atoms with Crippen molar-refractivity contribution in [3.63, 3.8) is 0 Å². The molecule has 0 N–H and O–H groups in total. The molecule has 3 unspecified atom stereocenters. The Morgan fingerprint density at radius 1 is 1.20 bits per heavy atom. The van der Waals surface area contributed by atoms with Crippen molar-refractivity contribution in [3.05, 3.63) is 0 Å². The molecule has 1 saturated carbocycles. The predicted molar refractivity (Wildman–Crippen MR) is 61.8 cm³/mol. The molecule has 0 aromatic heterocycles. The molecule has 1 heterocycles. The molecule has 1 aliphatic heterocycles. The number of likely N-dealkylation sites (tertiary alicyclic amines) is 1. The molecular weight excluding hydrogens is 186 g/mol. The first-order chi connectivity index (χ1) is 7.20. The number of hydrogen-bond acceptors (Lipinski definition) is 2. The van der Waals surface area contributed by atoms with Crippen molar-refractivity contribution in [3.8, 4) is 0 Å². The Labute approximate surface area is 93.0 Å². The monoisotopic (exact) mass is 209 g/mol. The average Bonchev–Trinajstić information content (AvgIpc) is 2.27. The van der Waals surface area contributed by atoms with E-state index in [1.165, 1.54) is 38.5 Å². The Kier molecular flexibility index (Phi) is 3.45. The van der Waals surface area contributed by atoms with Gasteiger partial charge in [-0.3, -0.25) is 9.69 Å². The molecule has 1 saturated heterocycles. The van der Waals surface area contributed by atoms with E-state index in [1.807, 2.05) is 0 Å². The number of hydrogen-bond donors (Lipinski definition) is 0. The molecule has 0 amide bonds. The van der Waals surface area contributed by atoms with Crippen LogP contribution in [0.3, 0.4) is 0 Å². The molecule has 1 aliphatic carbocycles. The number of carbonyl (C=O) groups is 1. The fraction of sp³-hybridized carbons (Fsp3) is 0.923. The largest absolute Gasteiger partial charge is 0.298 e. The van der Waals surface area contributed by atoms with E-state index in [1.54, 1.807) is 6.92 Å². The van der Waals surface area contributed by atoms with E-state index < -0.39 is 0 Å². The van der Waals surface area contributed by atoms with E-state index in [9.17, 15) is 4.79 Å². The van der Waals surface area contributed by atoms with Gasteiger partial charge in [0.05, 0.1) is 6.04 Å². The maximum absolute atomic E-state index is 11.5. The standard InChI is InChI=1S/C13H23NO/c1-10(11(2)15)14-9-5-7-12-6-3-4-8-13(12)14/h10,12-13H,3-9H2,1-2H3. The van der Waals surface area contributed by atoms with Crippen LogP contribution in [-0.4, -0.2) is 29.3 Å². The van der Waals surface area contributed by atoms with Gasteiger partial charge in [-0.15, -0.1) is 0 Å². The summed E-state index contributed by atoms with van der Waals surface area (Å²) in [5.74, 6) is 1.22. The predicted octanol–water partition coefficient (Wildman–Crippen LogP) is 2.62. The smallest absolute Gasteiger partial charge is 0.146 e. The van der Waals surface area contributed by atoms with Crippen molar-refractivity contribution in [1.82, 2.24) is 4.90 Å². The molecule has 0 aromatic carbocycles. The van der Waals surface area contributed by atoms with Gasteiger partial charge in [-0.25, -0.2) is 0 Å². The van der Waals surface area contributed by atoms with Gasteiger partial charge in [-0.1, -0.05) is 12.8 Å². The van der Waals surface area contributed by atoms with Crippen molar-refractivity contribution < 1.29 is 4.79 Å². The van der Waals surface area contributed by atoms with Crippen LogP contribution in [0.1, 0.15) is 52.4 Å². The summed E-state index contributed by atoms with van der Waals surface area (Å²) in [6, 6.07) is 0.863. The van der Waals surface area contributed by atoms with Crippen LogP contribution in [0.2, 0.25) is 0 Å². The second-order valence-corrected chi connectivity index (χ2v) is 5.28. The lowest BCUT2D eigenvalue weighted by molar-refractivity contribution is -0.124. The molecule has 0 bridgehead atoms.